The van der Waals surface area contributed by atoms with Crippen LogP contribution in [0.1, 0.15) is 16.4 Å². The SMILES string of the molecule is [2H]c1c([2H])c(-c2cccc3ccccc23)c([2H])c(-c2c3c([2H])c([2H])c([2H])c([2H])c3c(-c3cccc4ccccc34)c3c([2H])c([2H])c([2H])c([2H])c23)c1[2H]. The Kier molecular flexibility index (Phi) is 3.17. The van der Waals surface area contributed by atoms with Gasteiger partial charge in [0.2, 0.25) is 0 Å². The Morgan fingerprint density at radius 3 is 1.45 bits per heavy atom. The van der Waals surface area contributed by atoms with Crippen molar-refractivity contribution >= 4 is 43.1 Å². The summed E-state index contributed by atoms with van der Waals surface area (Å²) in [6.45, 7) is 0. The molecule has 8 aromatic rings. The summed E-state index contributed by atoms with van der Waals surface area (Å²) >= 11 is 0. The van der Waals surface area contributed by atoms with Gasteiger partial charge in [-0.3, -0.25) is 0 Å². The van der Waals surface area contributed by atoms with E-state index in [1.54, 1.807) is 36.4 Å². The number of fused-ring (bicyclic) bond motifs is 4. The molecule has 0 radical (unpaired) electrons. The summed E-state index contributed by atoms with van der Waals surface area (Å²) in [4.78, 5) is 0. The minimum Gasteiger partial charge on any atom is -0.0616 e. The molecule has 0 saturated carbocycles. The van der Waals surface area contributed by atoms with Gasteiger partial charge >= 0.3 is 0 Å². The van der Waals surface area contributed by atoms with Crippen molar-refractivity contribution in [2.75, 3.05) is 0 Å². The average Bonchev–Trinajstić information content (AvgIpc) is 3.16. The lowest BCUT2D eigenvalue weighted by Gasteiger charge is -2.19. The summed E-state index contributed by atoms with van der Waals surface area (Å²) in [6, 6.07) is 19.1. The zero-order valence-corrected chi connectivity index (χ0v) is 21.1. The second-order valence-electron chi connectivity index (χ2n) is 9.55. The van der Waals surface area contributed by atoms with E-state index in [1.807, 2.05) is 48.5 Å². The summed E-state index contributed by atoms with van der Waals surface area (Å²) in [7, 11) is 0. The van der Waals surface area contributed by atoms with Crippen molar-refractivity contribution in [2.24, 2.45) is 0 Å². The Bertz CT molecular complexity index is 2790. The number of rotatable bonds is 3. The van der Waals surface area contributed by atoms with Crippen LogP contribution in [0.15, 0.2) is 157 Å². The van der Waals surface area contributed by atoms with Gasteiger partial charge in [0.1, 0.15) is 0 Å². The Morgan fingerprint density at radius 1 is 0.350 bits per heavy atom. The van der Waals surface area contributed by atoms with E-state index in [4.69, 9.17) is 8.22 Å². The van der Waals surface area contributed by atoms with Crippen LogP contribution in [-0.2, 0) is 0 Å². The minimum absolute atomic E-state index is 0.00824. The highest BCUT2D eigenvalue weighted by Crippen LogP contribution is 2.45. The second kappa shape index (κ2) is 9.22. The van der Waals surface area contributed by atoms with Crippen molar-refractivity contribution in [2.45, 2.75) is 0 Å². The fraction of sp³-hybridized carbons (Fsp3) is 0. The van der Waals surface area contributed by atoms with E-state index in [9.17, 15) is 8.22 Å². The van der Waals surface area contributed by atoms with Crippen molar-refractivity contribution in [3.05, 3.63) is 157 Å². The van der Waals surface area contributed by atoms with Gasteiger partial charge in [-0.05, 0) is 82.5 Å². The highest BCUT2D eigenvalue weighted by atomic mass is 14.2. The number of benzene rings is 8. The van der Waals surface area contributed by atoms with Crippen LogP contribution in [0.3, 0.4) is 0 Å². The summed E-state index contributed by atoms with van der Waals surface area (Å²) < 4.78 is 109. The lowest BCUT2D eigenvalue weighted by Crippen LogP contribution is -1.92. The van der Waals surface area contributed by atoms with Gasteiger partial charge < -0.3 is 0 Å². The molecular weight excluding hydrogens is 480 g/mol. The maximum absolute atomic E-state index is 9.68. The van der Waals surface area contributed by atoms with Crippen molar-refractivity contribution < 1.29 is 16.4 Å². The second-order valence-corrected chi connectivity index (χ2v) is 9.55. The van der Waals surface area contributed by atoms with E-state index in [0.717, 1.165) is 10.8 Å². The average molecular weight is 519 g/mol. The number of hydrogen-bond acceptors (Lipinski definition) is 0. The van der Waals surface area contributed by atoms with E-state index < -0.39 is 60.4 Å². The van der Waals surface area contributed by atoms with E-state index >= 15 is 0 Å². The molecule has 0 nitrogen and oxygen atoms in total. The fourth-order valence-electron chi connectivity index (χ4n) is 5.63. The zero-order chi connectivity index (χ0) is 36.9. The Morgan fingerprint density at radius 2 is 0.825 bits per heavy atom. The van der Waals surface area contributed by atoms with Gasteiger partial charge in [-0.1, -0.05) is 151 Å². The quantitative estimate of drug-likeness (QED) is 0.204. The molecule has 0 N–H and O–H groups in total. The normalized spacial score (nSPS) is 15.7. The molecule has 0 saturated heterocycles. The third-order valence-corrected chi connectivity index (χ3v) is 7.37. The summed E-state index contributed by atoms with van der Waals surface area (Å²) in [6.07, 6.45) is 0. The summed E-state index contributed by atoms with van der Waals surface area (Å²) in [5.74, 6) is 0. The molecule has 0 spiro atoms. The molecule has 0 aliphatic rings. The molecule has 0 aliphatic heterocycles. The third kappa shape index (κ3) is 3.54. The Balaban J connectivity index is 1.71. The topological polar surface area (TPSA) is 0 Å². The van der Waals surface area contributed by atoms with Crippen molar-refractivity contribution in [3.63, 3.8) is 0 Å². The molecular formula is C40H26. The largest absolute Gasteiger partial charge is 0.0636 e. The van der Waals surface area contributed by atoms with Crippen LogP contribution in [0, 0.1) is 0 Å². The van der Waals surface area contributed by atoms with Crippen molar-refractivity contribution in [1.82, 2.24) is 0 Å². The molecule has 0 aliphatic carbocycles. The smallest absolute Gasteiger partial charge is 0.0616 e. The first-order chi connectivity index (χ1) is 24.9. The first kappa shape index (κ1) is 13.7. The van der Waals surface area contributed by atoms with E-state index in [1.165, 1.54) is 0 Å². The predicted molar refractivity (Wildman–Crippen MR) is 173 cm³/mol. The summed E-state index contributed by atoms with van der Waals surface area (Å²) in [5, 5.41) is 2.53. The fourth-order valence-corrected chi connectivity index (χ4v) is 5.63. The summed E-state index contributed by atoms with van der Waals surface area (Å²) in [5.41, 5.74) is 0.587. The van der Waals surface area contributed by atoms with E-state index in [2.05, 4.69) is 0 Å². The standard InChI is InChI=1S/C40H26/c1-3-18-31-27(12-1)14-10-24-33(31)29-16-9-17-30(26-29)39-35-20-5-7-22-37(35)40(38-23-8-6-21-36(38)39)34-25-11-15-28-13-2-4-19-32(28)34/h1-26H/i5D,6D,7D,8D,9D,16D,17D,20D,21D,22D,23D,26D. The van der Waals surface area contributed by atoms with Crippen LogP contribution in [0.5, 0.6) is 0 Å². The van der Waals surface area contributed by atoms with Gasteiger partial charge in [0.25, 0.3) is 0 Å². The molecule has 40 heavy (non-hydrogen) atoms. The van der Waals surface area contributed by atoms with E-state index in [-0.39, 0.29) is 55.9 Å². The highest BCUT2D eigenvalue weighted by Gasteiger charge is 2.18. The molecule has 8 aromatic carbocycles. The first-order valence-electron chi connectivity index (χ1n) is 18.9. The van der Waals surface area contributed by atoms with Gasteiger partial charge in [0.05, 0.1) is 16.4 Å². The lowest BCUT2D eigenvalue weighted by atomic mass is 9.84. The molecule has 0 amide bonds. The van der Waals surface area contributed by atoms with Gasteiger partial charge in [-0.15, -0.1) is 0 Å². The Labute approximate surface area is 250 Å². The zero-order valence-electron chi connectivity index (χ0n) is 33.1. The van der Waals surface area contributed by atoms with Crippen LogP contribution >= 0.6 is 0 Å². The maximum Gasteiger partial charge on any atom is 0.0636 e. The first-order valence-corrected chi connectivity index (χ1v) is 12.9. The molecule has 0 heterocycles. The molecule has 0 fully saturated rings. The van der Waals surface area contributed by atoms with Crippen LogP contribution < -0.4 is 0 Å². The molecule has 0 unspecified atom stereocenters. The van der Waals surface area contributed by atoms with Gasteiger partial charge in [-0.2, -0.15) is 0 Å². The maximum atomic E-state index is 9.68. The van der Waals surface area contributed by atoms with Gasteiger partial charge in [0, 0.05) is 0 Å². The predicted octanol–water partition coefficient (Wildman–Crippen LogP) is 11.3. The van der Waals surface area contributed by atoms with Crippen molar-refractivity contribution in [3.8, 4) is 33.4 Å². The number of hydrogen-bond donors (Lipinski definition) is 0. The van der Waals surface area contributed by atoms with Crippen LogP contribution in [0.2, 0.25) is 0 Å². The third-order valence-electron chi connectivity index (χ3n) is 7.37. The monoisotopic (exact) mass is 518 g/mol. The van der Waals surface area contributed by atoms with Crippen LogP contribution in [0.25, 0.3) is 76.5 Å². The van der Waals surface area contributed by atoms with Crippen LogP contribution in [-0.4, -0.2) is 0 Å². The van der Waals surface area contributed by atoms with Gasteiger partial charge in [-0.25, -0.2) is 0 Å². The molecule has 0 bridgehead atoms. The minimum atomic E-state index is -0.613. The molecule has 8 rings (SSSR count). The lowest BCUT2D eigenvalue weighted by molar-refractivity contribution is 1.63. The van der Waals surface area contributed by atoms with E-state index in [0.29, 0.717) is 21.9 Å². The molecule has 0 heteroatoms. The Hall–Kier alpha value is -5.20. The highest BCUT2D eigenvalue weighted by molar-refractivity contribution is 6.23. The molecule has 0 atom stereocenters. The van der Waals surface area contributed by atoms with Crippen molar-refractivity contribution in [1.29, 1.82) is 0 Å². The van der Waals surface area contributed by atoms with Gasteiger partial charge in [0.15, 0.2) is 0 Å². The molecule has 0 aromatic heterocycles. The van der Waals surface area contributed by atoms with Crippen LogP contribution in [0.4, 0.5) is 0 Å². The molecule has 186 valence electrons.